The smallest absolute Gasteiger partial charge is 0.345 e. The van der Waals surface area contributed by atoms with Gasteiger partial charge in [0.15, 0.2) is 0 Å². The van der Waals surface area contributed by atoms with E-state index in [2.05, 4.69) is 10.8 Å². The Morgan fingerprint density at radius 2 is 2.40 bits per heavy atom. The van der Waals surface area contributed by atoms with E-state index in [1.807, 2.05) is 0 Å². The third-order valence-corrected chi connectivity index (χ3v) is 1.28. The Bertz CT molecular complexity index is 133. The highest BCUT2D eigenvalue weighted by molar-refractivity contribution is 7.95. The summed E-state index contributed by atoms with van der Waals surface area (Å²) in [5.41, 5.74) is 0.366. The number of carbonyl (C=O) groups is 1. The van der Waals surface area contributed by atoms with Crippen molar-refractivity contribution in [2.45, 2.75) is 6.92 Å². The molecule has 3 nitrogen and oxygen atoms in total. The topological polar surface area (TPSA) is 46.5 Å². The van der Waals surface area contributed by atoms with E-state index in [0.717, 1.165) is 12.0 Å². The minimum absolute atomic E-state index is 0.00807. The van der Waals surface area contributed by atoms with Gasteiger partial charge in [0.1, 0.15) is 0 Å². The Morgan fingerprint density at radius 1 is 1.80 bits per heavy atom. The fourth-order valence-corrected chi connectivity index (χ4v) is 0.611. The second-order valence-electron chi connectivity index (χ2n) is 1.70. The van der Waals surface area contributed by atoms with E-state index in [9.17, 15) is 4.79 Å². The molecule has 58 valence electrons. The van der Waals surface area contributed by atoms with Crippen molar-refractivity contribution in [3.05, 3.63) is 12.2 Å². The van der Waals surface area contributed by atoms with Gasteiger partial charge in [0.25, 0.3) is 0 Å². The maximum atomic E-state index is 10.6. The van der Waals surface area contributed by atoms with Crippen LogP contribution in [0.4, 0.5) is 0 Å². The molecule has 0 amide bonds. The van der Waals surface area contributed by atoms with Gasteiger partial charge in [-0.15, -0.1) is 0 Å². The summed E-state index contributed by atoms with van der Waals surface area (Å²) in [6.45, 7) is 4.96. The first-order valence-electron chi connectivity index (χ1n) is 2.78. The quantitative estimate of drug-likeness (QED) is 0.376. The van der Waals surface area contributed by atoms with Gasteiger partial charge in [0.05, 0.1) is 24.4 Å². The second-order valence-corrected chi connectivity index (χ2v) is 2.51. The van der Waals surface area contributed by atoms with E-state index >= 15 is 0 Å². The highest BCUT2D eigenvalue weighted by Gasteiger charge is 2.01. The van der Waals surface area contributed by atoms with Gasteiger partial charge in [-0.2, -0.15) is 0 Å². The molecule has 0 saturated carbocycles. The zero-order chi connectivity index (χ0) is 7.98. The average Bonchev–Trinajstić information content (AvgIpc) is 1.88. The molecule has 0 aromatic carbocycles. The van der Waals surface area contributed by atoms with E-state index in [1.165, 1.54) is 0 Å². The van der Waals surface area contributed by atoms with Crippen molar-refractivity contribution < 1.29 is 14.1 Å². The molecule has 0 aromatic rings. The summed E-state index contributed by atoms with van der Waals surface area (Å²) >= 11 is 0.929. The molecule has 0 aliphatic rings. The minimum Gasteiger partial charge on any atom is -0.395 e. The number of hydrogen-bond acceptors (Lipinski definition) is 4. The van der Waals surface area contributed by atoms with Crippen molar-refractivity contribution in [2.75, 3.05) is 12.4 Å². The van der Waals surface area contributed by atoms with Crippen molar-refractivity contribution in [1.29, 1.82) is 0 Å². The standard InChI is InChI=1S/C6H10O3S/c1-5(2)6(8)9-10-4-3-7/h7H,1,3-4H2,2H3. The van der Waals surface area contributed by atoms with Gasteiger partial charge in [-0.05, 0) is 6.92 Å². The molecule has 0 radical (unpaired) electrons. The molecular formula is C6H10O3S. The molecule has 0 aliphatic heterocycles. The predicted octanol–water partition coefficient (Wildman–Crippen LogP) is 0.746. The first kappa shape index (κ1) is 9.52. The first-order chi connectivity index (χ1) is 4.68. The fraction of sp³-hybridized carbons (Fsp3) is 0.500. The SMILES string of the molecule is C=C(C)C(=O)OSCCO. The number of aliphatic hydroxyl groups is 1. The van der Waals surface area contributed by atoms with E-state index in [0.29, 0.717) is 11.3 Å². The van der Waals surface area contributed by atoms with Crippen LogP contribution in [-0.4, -0.2) is 23.4 Å². The van der Waals surface area contributed by atoms with Crippen LogP contribution in [0.25, 0.3) is 0 Å². The summed E-state index contributed by atoms with van der Waals surface area (Å²) in [5.74, 6) is -0.0302. The molecule has 0 aliphatic carbocycles. The molecule has 0 spiro atoms. The lowest BCUT2D eigenvalue weighted by atomic mass is 10.4. The summed E-state index contributed by atoms with van der Waals surface area (Å²) in [7, 11) is 0. The predicted molar refractivity (Wildman–Crippen MR) is 40.4 cm³/mol. The van der Waals surface area contributed by atoms with Crippen molar-refractivity contribution >= 4 is 18.0 Å². The van der Waals surface area contributed by atoms with Crippen LogP contribution in [0.3, 0.4) is 0 Å². The lowest BCUT2D eigenvalue weighted by molar-refractivity contribution is -0.128. The number of rotatable bonds is 4. The largest absolute Gasteiger partial charge is 0.395 e. The highest BCUT2D eigenvalue weighted by Crippen LogP contribution is 2.04. The van der Waals surface area contributed by atoms with Gasteiger partial charge in [0, 0.05) is 5.57 Å². The summed E-state index contributed by atoms with van der Waals surface area (Å²) in [6, 6.07) is 0. The Morgan fingerprint density at radius 3 is 2.80 bits per heavy atom. The van der Waals surface area contributed by atoms with Gasteiger partial charge in [-0.3, -0.25) is 0 Å². The molecule has 4 heteroatoms. The third kappa shape index (κ3) is 4.40. The Hall–Kier alpha value is -0.480. The zero-order valence-corrected chi connectivity index (χ0v) is 6.61. The van der Waals surface area contributed by atoms with E-state index in [1.54, 1.807) is 6.92 Å². The van der Waals surface area contributed by atoms with Crippen LogP contribution in [0.1, 0.15) is 6.92 Å². The van der Waals surface area contributed by atoms with Crippen molar-refractivity contribution in [3.8, 4) is 0 Å². The number of aliphatic hydroxyl groups excluding tert-OH is 1. The molecule has 1 N–H and O–H groups in total. The lowest BCUT2D eigenvalue weighted by Crippen LogP contribution is -2.00. The van der Waals surface area contributed by atoms with Crippen molar-refractivity contribution in [3.63, 3.8) is 0 Å². The van der Waals surface area contributed by atoms with Gasteiger partial charge in [-0.25, -0.2) is 4.79 Å². The van der Waals surface area contributed by atoms with Gasteiger partial charge in [-0.1, -0.05) is 6.58 Å². The number of hydrogen-bond donors (Lipinski definition) is 1. The molecule has 0 saturated heterocycles. The maximum absolute atomic E-state index is 10.6. The average molecular weight is 162 g/mol. The van der Waals surface area contributed by atoms with Gasteiger partial charge < -0.3 is 9.29 Å². The first-order valence-corrected chi connectivity index (χ1v) is 3.69. The Balaban J connectivity index is 3.31. The zero-order valence-electron chi connectivity index (χ0n) is 5.79. The number of carbonyl (C=O) groups excluding carboxylic acids is 1. The molecule has 0 bridgehead atoms. The van der Waals surface area contributed by atoms with Crippen LogP contribution in [0.15, 0.2) is 12.2 Å². The molecule has 0 rings (SSSR count). The van der Waals surface area contributed by atoms with Gasteiger partial charge in [0.2, 0.25) is 0 Å². The molecule has 0 aromatic heterocycles. The van der Waals surface area contributed by atoms with E-state index in [4.69, 9.17) is 5.11 Å². The van der Waals surface area contributed by atoms with Crippen LogP contribution in [0.2, 0.25) is 0 Å². The van der Waals surface area contributed by atoms with Crippen LogP contribution >= 0.6 is 12.0 Å². The van der Waals surface area contributed by atoms with E-state index in [-0.39, 0.29) is 6.61 Å². The minimum atomic E-state index is -0.432. The Labute approximate surface area is 64.3 Å². The second kappa shape index (κ2) is 5.32. The molecule has 0 fully saturated rings. The summed E-state index contributed by atoms with van der Waals surface area (Å²) in [6.07, 6.45) is 0. The normalized spacial score (nSPS) is 9.00. The Kier molecular flexibility index (Phi) is 5.06. The van der Waals surface area contributed by atoms with Crippen LogP contribution in [0.5, 0.6) is 0 Å². The molecule has 10 heavy (non-hydrogen) atoms. The molecule has 0 unspecified atom stereocenters. The third-order valence-electron chi connectivity index (χ3n) is 0.658. The van der Waals surface area contributed by atoms with Crippen molar-refractivity contribution in [2.24, 2.45) is 0 Å². The summed E-state index contributed by atoms with van der Waals surface area (Å²) < 4.78 is 4.56. The fourth-order valence-electron chi connectivity index (χ4n) is 0.204. The molecule has 0 atom stereocenters. The van der Waals surface area contributed by atoms with Crippen LogP contribution in [-0.2, 0) is 8.98 Å². The molecule has 0 heterocycles. The van der Waals surface area contributed by atoms with Crippen LogP contribution < -0.4 is 0 Å². The monoisotopic (exact) mass is 162 g/mol. The van der Waals surface area contributed by atoms with E-state index < -0.39 is 5.97 Å². The maximum Gasteiger partial charge on any atom is 0.345 e. The summed E-state index contributed by atoms with van der Waals surface area (Å²) in [4.78, 5) is 10.6. The van der Waals surface area contributed by atoms with Gasteiger partial charge >= 0.3 is 5.97 Å². The van der Waals surface area contributed by atoms with Crippen LogP contribution in [0, 0.1) is 0 Å². The highest BCUT2D eigenvalue weighted by atomic mass is 32.2. The summed E-state index contributed by atoms with van der Waals surface area (Å²) in [5, 5.41) is 8.28. The van der Waals surface area contributed by atoms with Crippen molar-refractivity contribution in [1.82, 2.24) is 0 Å². The molecular weight excluding hydrogens is 152 g/mol. The lowest BCUT2D eigenvalue weighted by Gasteiger charge is -1.98.